The summed E-state index contributed by atoms with van der Waals surface area (Å²) >= 11 is 0. The van der Waals surface area contributed by atoms with Crippen LogP contribution in [0.3, 0.4) is 0 Å². The third kappa shape index (κ3) is 2.38. The highest BCUT2D eigenvalue weighted by Crippen LogP contribution is 2.34. The SMILES string of the molecule is NC(=O)[N]c1ccccc1C(F)(F)F. The molecule has 0 saturated carbocycles. The van der Waals surface area contributed by atoms with Crippen LogP contribution in [0.15, 0.2) is 24.3 Å². The van der Waals surface area contributed by atoms with Crippen LogP contribution in [0.25, 0.3) is 0 Å². The lowest BCUT2D eigenvalue weighted by Gasteiger charge is -2.10. The molecule has 0 saturated heterocycles. The Morgan fingerprint density at radius 2 is 1.86 bits per heavy atom. The number of carbonyl (C=O) groups excluding carboxylic acids is 1. The van der Waals surface area contributed by atoms with E-state index in [-0.39, 0.29) is 0 Å². The molecule has 0 bridgehead atoms. The molecule has 1 aromatic carbocycles. The molecule has 1 aromatic rings. The van der Waals surface area contributed by atoms with Gasteiger partial charge in [-0.3, -0.25) is 0 Å². The number of para-hydroxylation sites is 1. The van der Waals surface area contributed by atoms with Crippen LogP contribution in [0, 0.1) is 0 Å². The van der Waals surface area contributed by atoms with Crippen molar-refractivity contribution < 1.29 is 18.0 Å². The maximum absolute atomic E-state index is 12.3. The lowest BCUT2D eigenvalue weighted by molar-refractivity contribution is -0.137. The van der Waals surface area contributed by atoms with Gasteiger partial charge in [0.2, 0.25) is 0 Å². The van der Waals surface area contributed by atoms with Crippen LogP contribution in [0.1, 0.15) is 5.56 Å². The largest absolute Gasteiger partial charge is 0.418 e. The predicted molar refractivity (Wildman–Crippen MR) is 42.8 cm³/mol. The number of amides is 2. The fourth-order valence-corrected chi connectivity index (χ4v) is 0.930. The van der Waals surface area contributed by atoms with Gasteiger partial charge in [-0.25, -0.2) is 4.79 Å². The second-order valence-electron chi connectivity index (χ2n) is 2.46. The smallest absolute Gasteiger partial charge is 0.350 e. The van der Waals surface area contributed by atoms with Gasteiger partial charge in [0.05, 0.1) is 11.3 Å². The maximum atomic E-state index is 12.3. The molecule has 3 nitrogen and oxygen atoms in total. The molecular formula is C8H6F3N2O. The van der Waals surface area contributed by atoms with Crippen molar-refractivity contribution >= 4 is 11.7 Å². The first-order valence-corrected chi connectivity index (χ1v) is 3.58. The first-order chi connectivity index (χ1) is 6.41. The Bertz CT molecular complexity index is 349. The average molecular weight is 203 g/mol. The Balaban J connectivity index is 3.10. The fourth-order valence-electron chi connectivity index (χ4n) is 0.930. The van der Waals surface area contributed by atoms with Gasteiger partial charge in [-0.15, -0.1) is 0 Å². The van der Waals surface area contributed by atoms with Crippen molar-refractivity contribution in [2.24, 2.45) is 5.73 Å². The van der Waals surface area contributed by atoms with Crippen LogP contribution in [-0.4, -0.2) is 6.03 Å². The summed E-state index contributed by atoms with van der Waals surface area (Å²) in [5, 5.41) is 3.04. The van der Waals surface area contributed by atoms with Gasteiger partial charge in [0.25, 0.3) is 0 Å². The summed E-state index contributed by atoms with van der Waals surface area (Å²) in [6, 6.07) is 3.32. The molecule has 0 aliphatic carbocycles. The third-order valence-corrected chi connectivity index (χ3v) is 1.44. The number of nitrogens with zero attached hydrogens (tertiary/aromatic N) is 1. The van der Waals surface area contributed by atoms with Gasteiger partial charge in [0.15, 0.2) is 0 Å². The van der Waals surface area contributed by atoms with Crippen LogP contribution < -0.4 is 11.1 Å². The lowest BCUT2D eigenvalue weighted by atomic mass is 10.2. The summed E-state index contributed by atoms with van der Waals surface area (Å²) in [6.07, 6.45) is -4.53. The molecule has 14 heavy (non-hydrogen) atoms. The second kappa shape index (κ2) is 3.57. The zero-order valence-corrected chi connectivity index (χ0v) is 6.88. The van der Waals surface area contributed by atoms with Crippen molar-refractivity contribution in [2.75, 3.05) is 0 Å². The van der Waals surface area contributed by atoms with Crippen LogP contribution in [0.2, 0.25) is 0 Å². The van der Waals surface area contributed by atoms with Crippen molar-refractivity contribution in [2.45, 2.75) is 6.18 Å². The highest BCUT2D eigenvalue weighted by Gasteiger charge is 2.33. The highest BCUT2D eigenvalue weighted by molar-refractivity contribution is 5.78. The molecular weight excluding hydrogens is 197 g/mol. The number of hydrogen-bond donors (Lipinski definition) is 1. The van der Waals surface area contributed by atoms with E-state index >= 15 is 0 Å². The van der Waals surface area contributed by atoms with Gasteiger partial charge in [0, 0.05) is 0 Å². The lowest BCUT2D eigenvalue weighted by Crippen LogP contribution is -2.20. The summed E-state index contributed by atoms with van der Waals surface area (Å²) in [4.78, 5) is 10.3. The molecule has 2 N–H and O–H groups in total. The predicted octanol–water partition coefficient (Wildman–Crippen LogP) is 2.02. The third-order valence-electron chi connectivity index (χ3n) is 1.44. The molecule has 0 atom stereocenters. The van der Waals surface area contributed by atoms with Crippen molar-refractivity contribution in [3.63, 3.8) is 0 Å². The number of primary amides is 1. The number of carbonyl (C=O) groups is 1. The van der Waals surface area contributed by atoms with Gasteiger partial charge in [0.1, 0.15) is 0 Å². The van der Waals surface area contributed by atoms with E-state index in [0.29, 0.717) is 0 Å². The number of rotatable bonds is 1. The number of halogens is 3. The summed E-state index contributed by atoms with van der Waals surface area (Å²) in [6.45, 7) is 0. The maximum Gasteiger partial charge on any atom is 0.418 e. The number of nitrogens with two attached hydrogens (primary N) is 1. The Kier molecular flexibility index (Phi) is 2.64. The molecule has 0 aliphatic heterocycles. The summed E-state index contributed by atoms with van der Waals surface area (Å²) in [5.74, 6) is 0. The quantitative estimate of drug-likeness (QED) is 0.745. The number of urea groups is 1. The van der Waals surface area contributed by atoms with E-state index in [9.17, 15) is 18.0 Å². The van der Waals surface area contributed by atoms with E-state index in [1.54, 1.807) is 0 Å². The van der Waals surface area contributed by atoms with Gasteiger partial charge < -0.3 is 5.73 Å². The second-order valence-corrected chi connectivity index (χ2v) is 2.46. The van der Waals surface area contributed by atoms with Crippen molar-refractivity contribution in [1.82, 2.24) is 5.32 Å². The van der Waals surface area contributed by atoms with E-state index in [1.807, 2.05) is 0 Å². The van der Waals surface area contributed by atoms with E-state index in [1.165, 1.54) is 12.1 Å². The molecule has 1 rings (SSSR count). The van der Waals surface area contributed by atoms with Crippen molar-refractivity contribution in [3.05, 3.63) is 29.8 Å². The number of alkyl halides is 3. The zero-order chi connectivity index (χ0) is 10.8. The summed E-state index contributed by atoms with van der Waals surface area (Å²) < 4.78 is 36.9. The Morgan fingerprint density at radius 1 is 1.29 bits per heavy atom. The standard InChI is InChI=1S/C8H6F3N2O/c9-8(10,11)5-3-1-2-4-6(5)13-7(12)14/h1-4H,(H2,12,14). The van der Waals surface area contributed by atoms with Crippen molar-refractivity contribution in [3.8, 4) is 0 Å². The molecule has 0 aliphatic rings. The molecule has 2 amide bonds. The van der Waals surface area contributed by atoms with Crippen LogP contribution in [-0.2, 0) is 6.18 Å². The molecule has 6 heteroatoms. The van der Waals surface area contributed by atoms with E-state index in [4.69, 9.17) is 0 Å². The van der Waals surface area contributed by atoms with Gasteiger partial charge in [-0.2, -0.15) is 18.5 Å². The van der Waals surface area contributed by atoms with Crippen molar-refractivity contribution in [1.29, 1.82) is 0 Å². The highest BCUT2D eigenvalue weighted by atomic mass is 19.4. The first kappa shape index (κ1) is 10.4. The minimum atomic E-state index is -4.53. The molecule has 0 unspecified atom stereocenters. The molecule has 0 aromatic heterocycles. The molecule has 1 radical (unpaired) electrons. The average Bonchev–Trinajstić information content (AvgIpc) is 2.01. The minimum Gasteiger partial charge on any atom is -0.350 e. The molecule has 75 valence electrons. The van der Waals surface area contributed by atoms with E-state index < -0.39 is 23.5 Å². The minimum absolute atomic E-state index is 0.465. The van der Waals surface area contributed by atoms with Crippen LogP contribution in [0.5, 0.6) is 0 Å². The van der Waals surface area contributed by atoms with Gasteiger partial charge in [-0.1, -0.05) is 12.1 Å². The van der Waals surface area contributed by atoms with E-state index in [2.05, 4.69) is 11.1 Å². The van der Waals surface area contributed by atoms with Gasteiger partial charge >= 0.3 is 12.2 Å². The van der Waals surface area contributed by atoms with Crippen LogP contribution >= 0.6 is 0 Å². The normalized spacial score (nSPS) is 11.1. The van der Waals surface area contributed by atoms with Crippen LogP contribution in [0.4, 0.5) is 23.7 Å². The summed E-state index contributed by atoms with van der Waals surface area (Å²) in [5.41, 5.74) is 3.23. The Labute approximate surface area is 77.7 Å². The number of hydrogen-bond acceptors (Lipinski definition) is 1. The topological polar surface area (TPSA) is 57.2 Å². The molecule has 0 spiro atoms. The molecule has 0 heterocycles. The summed E-state index contributed by atoms with van der Waals surface area (Å²) in [7, 11) is 0. The van der Waals surface area contributed by atoms with E-state index in [0.717, 1.165) is 12.1 Å². The first-order valence-electron chi connectivity index (χ1n) is 3.58. The fraction of sp³-hybridized carbons (Fsp3) is 0.125. The molecule has 0 fully saturated rings. The zero-order valence-electron chi connectivity index (χ0n) is 6.88. The Hall–Kier alpha value is -1.72. The van der Waals surface area contributed by atoms with Gasteiger partial charge in [-0.05, 0) is 12.1 Å². The number of benzene rings is 1. The Morgan fingerprint density at radius 3 is 2.36 bits per heavy atom. The monoisotopic (exact) mass is 203 g/mol.